The second kappa shape index (κ2) is 5.07. The molecule has 21 heavy (non-hydrogen) atoms. The van der Waals surface area contributed by atoms with Gasteiger partial charge in [-0.25, -0.2) is 13.2 Å². The van der Waals surface area contributed by atoms with Crippen molar-refractivity contribution in [2.45, 2.75) is 25.6 Å². The number of ether oxygens (including phenoxy) is 1. The van der Waals surface area contributed by atoms with Crippen molar-refractivity contribution in [3.05, 3.63) is 64.5 Å². The minimum absolute atomic E-state index is 0.0818. The van der Waals surface area contributed by atoms with E-state index in [1.165, 1.54) is 0 Å². The number of benzene rings is 2. The molecule has 5 heteroatoms. The molecule has 0 saturated carbocycles. The third-order valence-corrected chi connectivity index (χ3v) is 3.62. The minimum atomic E-state index is -1.25. The Hall–Kier alpha value is -2.01. The maximum Gasteiger partial charge on any atom is 0.161 e. The Morgan fingerprint density at radius 2 is 1.71 bits per heavy atom. The van der Waals surface area contributed by atoms with Gasteiger partial charge >= 0.3 is 0 Å². The molecule has 2 unspecified atom stereocenters. The Balaban J connectivity index is 1.99. The summed E-state index contributed by atoms with van der Waals surface area (Å²) in [5.41, 5.74) is 1.49. The second-order valence-corrected chi connectivity index (χ2v) is 5.19. The smallest absolute Gasteiger partial charge is 0.161 e. The van der Waals surface area contributed by atoms with Crippen LogP contribution in [0.1, 0.15) is 35.3 Å². The molecule has 1 aliphatic rings. The van der Waals surface area contributed by atoms with Crippen LogP contribution in [0.25, 0.3) is 0 Å². The molecule has 0 amide bonds. The quantitative estimate of drug-likeness (QED) is 0.806. The third-order valence-electron chi connectivity index (χ3n) is 3.62. The molecule has 1 heterocycles. The Kier molecular flexibility index (Phi) is 3.37. The van der Waals surface area contributed by atoms with Crippen molar-refractivity contribution >= 4 is 0 Å². The topological polar surface area (TPSA) is 29.5 Å². The fourth-order valence-electron chi connectivity index (χ4n) is 2.54. The summed E-state index contributed by atoms with van der Waals surface area (Å²) < 4.78 is 45.7. The van der Waals surface area contributed by atoms with Gasteiger partial charge in [0.25, 0.3) is 0 Å². The zero-order valence-corrected chi connectivity index (χ0v) is 11.2. The summed E-state index contributed by atoms with van der Waals surface area (Å²) in [6, 6.07) is 6.54. The average Bonchev–Trinajstić information content (AvgIpc) is 2.43. The summed E-state index contributed by atoms with van der Waals surface area (Å²) in [4.78, 5) is 0. The lowest BCUT2D eigenvalue weighted by atomic mass is 9.93. The maximum atomic E-state index is 13.8. The molecule has 0 spiro atoms. The largest absolute Gasteiger partial charge is 0.485 e. The highest BCUT2D eigenvalue weighted by molar-refractivity contribution is 5.41. The summed E-state index contributed by atoms with van der Waals surface area (Å²) in [5, 5.41) is 10.2. The Bertz CT molecular complexity index is 700. The van der Waals surface area contributed by atoms with Gasteiger partial charge in [-0.15, -0.1) is 0 Å². The fraction of sp³-hybridized carbons (Fsp3) is 0.250. The lowest BCUT2D eigenvalue weighted by Crippen LogP contribution is -2.20. The zero-order chi connectivity index (χ0) is 15.1. The monoisotopic (exact) mass is 294 g/mol. The molecule has 0 radical (unpaired) electrons. The number of rotatable bonds is 1. The molecular formula is C16H13F3O2. The van der Waals surface area contributed by atoms with Gasteiger partial charge in [0.15, 0.2) is 11.6 Å². The molecule has 3 rings (SSSR count). The van der Waals surface area contributed by atoms with Crippen molar-refractivity contribution in [1.82, 2.24) is 0 Å². The molecule has 1 aliphatic heterocycles. The van der Waals surface area contributed by atoms with E-state index in [2.05, 4.69) is 0 Å². The van der Waals surface area contributed by atoms with Crippen LogP contribution in [-0.2, 0) is 0 Å². The molecule has 110 valence electrons. The van der Waals surface area contributed by atoms with E-state index in [-0.39, 0.29) is 12.0 Å². The van der Waals surface area contributed by atoms with E-state index in [4.69, 9.17) is 4.74 Å². The summed E-state index contributed by atoms with van der Waals surface area (Å²) in [6.45, 7) is 1.88. The minimum Gasteiger partial charge on any atom is -0.485 e. The fourth-order valence-corrected chi connectivity index (χ4v) is 2.54. The van der Waals surface area contributed by atoms with Gasteiger partial charge in [0.2, 0.25) is 0 Å². The first-order valence-corrected chi connectivity index (χ1v) is 6.55. The van der Waals surface area contributed by atoms with Crippen molar-refractivity contribution in [2.75, 3.05) is 0 Å². The van der Waals surface area contributed by atoms with E-state index >= 15 is 0 Å². The van der Waals surface area contributed by atoms with Crippen molar-refractivity contribution < 1.29 is 23.0 Å². The van der Waals surface area contributed by atoms with E-state index in [0.29, 0.717) is 17.4 Å². The van der Waals surface area contributed by atoms with Crippen LogP contribution in [0, 0.1) is 24.4 Å². The lowest BCUT2D eigenvalue weighted by Gasteiger charge is -2.30. The predicted octanol–water partition coefficient (Wildman–Crippen LogP) is 3.97. The first kappa shape index (κ1) is 13.9. The lowest BCUT2D eigenvalue weighted by molar-refractivity contribution is 0.0637. The summed E-state index contributed by atoms with van der Waals surface area (Å²) in [5.74, 6) is -2.85. The highest BCUT2D eigenvalue weighted by Gasteiger charge is 2.30. The van der Waals surface area contributed by atoms with Crippen molar-refractivity contribution in [1.29, 1.82) is 0 Å². The second-order valence-electron chi connectivity index (χ2n) is 5.19. The zero-order valence-electron chi connectivity index (χ0n) is 11.2. The summed E-state index contributed by atoms with van der Waals surface area (Å²) in [6.07, 6.45) is -1.62. The number of hydrogen-bond donors (Lipinski definition) is 1. The Labute approximate surface area is 119 Å². The molecular weight excluding hydrogens is 281 g/mol. The first-order chi connectivity index (χ1) is 9.95. The standard InChI is InChI=1S/C16H13F3O2/c1-8-2-3-15-10(4-8)14(20)7-16(21-15)9-5-12(18)13(19)6-11(9)17/h2-6,14,16,20H,7H2,1H3. The van der Waals surface area contributed by atoms with Gasteiger partial charge in [0.1, 0.15) is 17.7 Å². The molecule has 2 aromatic carbocycles. The highest BCUT2D eigenvalue weighted by atomic mass is 19.2. The molecule has 0 aromatic heterocycles. The van der Waals surface area contributed by atoms with Crippen LogP contribution in [-0.4, -0.2) is 5.11 Å². The van der Waals surface area contributed by atoms with Gasteiger partial charge in [0.05, 0.1) is 6.10 Å². The number of halogens is 3. The van der Waals surface area contributed by atoms with Gasteiger partial charge in [-0.2, -0.15) is 0 Å². The maximum absolute atomic E-state index is 13.8. The van der Waals surface area contributed by atoms with Crippen LogP contribution in [0.3, 0.4) is 0 Å². The van der Waals surface area contributed by atoms with Crippen LogP contribution >= 0.6 is 0 Å². The van der Waals surface area contributed by atoms with Crippen LogP contribution < -0.4 is 4.74 Å². The highest BCUT2D eigenvalue weighted by Crippen LogP contribution is 2.41. The molecule has 2 aromatic rings. The van der Waals surface area contributed by atoms with Gasteiger partial charge in [-0.1, -0.05) is 11.6 Å². The SMILES string of the molecule is Cc1ccc2c(c1)C(O)CC(c1cc(F)c(F)cc1F)O2. The van der Waals surface area contributed by atoms with Crippen LogP contribution in [0.15, 0.2) is 30.3 Å². The molecule has 0 aliphatic carbocycles. The normalized spacial score (nSPS) is 20.8. The van der Waals surface area contributed by atoms with E-state index in [9.17, 15) is 18.3 Å². The number of aryl methyl sites for hydroxylation is 1. The molecule has 2 nitrogen and oxygen atoms in total. The summed E-state index contributed by atoms with van der Waals surface area (Å²) in [7, 11) is 0. The van der Waals surface area contributed by atoms with Gasteiger partial charge in [-0.3, -0.25) is 0 Å². The van der Waals surface area contributed by atoms with E-state index in [1.807, 2.05) is 6.92 Å². The van der Waals surface area contributed by atoms with Crippen molar-refractivity contribution in [3.63, 3.8) is 0 Å². The van der Waals surface area contributed by atoms with Crippen LogP contribution in [0.5, 0.6) is 5.75 Å². The van der Waals surface area contributed by atoms with E-state index in [1.54, 1.807) is 18.2 Å². The van der Waals surface area contributed by atoms with Gasteiger partial charge in [-0.05, 0) is 25.1 Å². The summed E-state index contributed by atoms with van der Waals surface area (Å²) >= 11 is 0. The average molecular weight is 294 g/mol. The predicted molar refractivity (Wildman–Crippen MR) is 70.4 cm³/mol. The Morgan fingerprint density at radius 1 is 1.00 bits per heavy atom. The number of hydrogen-bond acceptors (Lipinski definition) is 2. The molecule has 0 fully saturated rings. The number of fused-ring (bicyclic) bond motifs is 1. The van der Waals surface area contributed by atoms with Gasteiger partial charge in [0, 0.05) is 23.6 Å². The molecule has 1 N–H and O–H groups in total. The number of aliphatic hydroxyl groups excluding tert-OH is 1. The van der Waals surface area contributed by atoms with E-state index in [0.717, 1.165) is 11.6 Å². The van der Waals surface area contributed by atoms with Crippen LogP contribution in [0.2, 0.25) is 0 Å². The van der Waals surface area contributed by atoms with Crippen molar-refractivity contribution in [3.8, 4) is 5.75 Å². The number of aliphatic hydroxyl groups is 1. The van der Waals surface area contributed by atoms with E-state index < -0.39 is 29.7 Å². The molecule has 2 atom stereocenters. The molecule has 0 saturated heterocycles. The van der Waals surface area contributed by atoms with Gasteiger partial charge < -0.3 is 9.84 Å². The first-order valence-electron chi connectivity index (χ1n) is 6.55. The Morgan fingerprint density at radius 3 is 2.48 bits per heavy atom. The van der Waals surface area contributed by atoms with Crippen molar-refractivity contribution in [2.24, 2.45) is 0 Å². The third kappa shape index (κ3) is 2.49. The van der Waals surface area contributed by atoms with Crippen LogP contribution in [0.4, 0.5) is 13.2 Å². The molecule has 0 bridgehead atoms.